The van der Waals surface area contributed by atoms with Crippen LogP contribution < -0.4 is 11.0 Å². The van der Waals surface area contributed by atoms with E-state index in [0.29, 0.717) is 17.0 Å². The molecule has 0 unspecified atom stereocenters. The van der Waals surface area contributed by atoms with Crippen LogP contribution in [0.3, 0.4) is 0 Å². The van der Waals surface area contributed by atoms with E-state index in [0.717, 1.165) is 29.7 Å². The number of carbonyl (C=O) groups is 1. The van der Waals surface area contributed by atoms with E-state index in [9.17, 15) is 9.59 Å². The zero-order valence-electron chi connectivity index (χ0n) is 14.9. The molecular weight excluding hydrogens is 362 g/mol. The summed E-state index contributed by atoms with van der Waals surface area (Å²) in [5.74, 6) is 0.249. The van der Waals surface area contributed by atoms with Crippen molar-refractivity contribution in [3.63, 3.8) is 0 Å². The summed E-state index contributed by atoms with van der Waals surface area (Å²) in [7, 11) is 0. The highest BCUT2D eigenvalue weighted by Gasteiger charge is 2.23. The Morgan fingerprint density at radius 2 is 2.33 bits per heavy atom. The van der Waals surface area contributed by atoms with Crippen LogP contribution in [-0.4, -0.2) is 26.7 Å². The fraction of sp³-hybridized carbons (Fsp3) is 0.316. The van der Waals surface area contributed by atoms with Gasteiger partial charge < -0.3 is 0 Å². The summed E-state index contributed by atoms with van der Waals surface area (Å²) in [5.41, 5.74) is 4.02. The molecule has 8 heteroatoms. The molecule has 0 saturated heterocycles. The highest BCUT2D eigenvalue weighted by molar-refractivity contribution is 7.18. The molecule has 1 atom stereocenters. The summed E-state index contributed by atoms with van der Waals surface area (Å²) in [6.07, 6.45) is 7.52. The average molecular weight is 381 g/mol. The SMILES string of the molecule is C[C@H]1CCc2c(sc3ncn(CC(=O)N/N=C\c4ccccn4)c(=O)c23)C1. The van der Waals surface area contributed by atoms with Gasteiger partial charge in [0, 0.05) is 11.1 Å². The van der Waals surface area contributed by atoms with Gasteiger partial charge >= 0.3 is 0 Å². The third-order valence-corrected chi connectivity index (χ3v) is 5.83. The normalized spacial score (nSPS) is 16.6. The Morgan fingerprint density at radius 1 is 1.44 bits per heavy atom. The molecule has 1 amide bonds. The Morgan fingerprint density at radius 3 is 3.15 bits per heavy atom. The van der Waals surface area contributed by atoms with Gasteiger partial charge in [0.25, 0.3) is 11.5 Å². The van der Waals surface area contributed by atoms with Crippen LogP contribution in [0.15, 0.2) is 40.6 Å². The molecule has 0 aliphatic heterocycles. The number of thiophene rings is 1. The third-order valence-electron chi connectivity index (χ3n) is 4.67. The Bertz CT molecular complexity index is 1070. The van der Waals surface area contributed by atoms with E-state index < -0.39 is 0 Å². The van der Waals surface area contributed by atoms with Crippen molar-refractivity contribution in [2.75, 3.05) is 0 Å². The Balaban J connectivity index is 1.52. The molecule has 3 aromatic rings. The van der Waals surface area contributed by atoms with Gasteiger partial charge in [-0.1, -0.05) is 13.0 Å². The minimum Gasteiger partial charge on any atom is -0.289 e. The molecule has 0 bridgehead atoms. The molecule has 1 N–H and O–H groups in total. The van der Waals surface area contributed by atoms with Crippen LogP contribution in [0.2, 0.25) is 0 Å². The second-order valence-corrected chi connectivity index (χ2v) is 7.84. The molecule has 4 rings (SSSR count). The molecule has 1 aliphatic carbocycles. The van der Waals surface area contributed by atoms with Crippen molar-refractivity contribution in [1.82, 2.24) is 20.0 Å². The van der Waals surface area contributed by atoms with Gasteiger partial charge in [0.05, 0.1) is 23.6 Å². The standard InChI is InChI=1S/C19H19N5O2S/c1-12-5-6-14-15(8-12)27-18-17(14)19(26)24(11-21-18)10-16(25)23-22-9-13-4-2-3-7-20-13/h2-4,7,9,11-12H,5-6,8,10H2,1H3,(H,23,25)/b22-9-/t12-/m0/s1. The molecule has 0 spiro atoms. The van der Waals surface area contributed by atoms with E-state index in [-0.39, 0.29) is 18.0 Å². The molecule has 27 heavy (non-hydrogen) atoms. The van der Waals surface area contributed by atoms with Crippen LogP contribution in [0, 0.1) is 5.92 Å². The second-order valence-electron chi connectivity index (χ2n) is 6.76. The second kappa shape index (κ2) is 7.40. The molecular formula is C19H19N5O2S. The van der Waals surface area contributed by atoms with E-state index in [4.69, 9.17) is 0 Å². The maximum absolute atomic E-state index is 12.9. The molecule has 3 aromatic heterocycles. The summed E-state index contributed by atoms with van der Waals surface area (Å²) in [6, 6.07) is 5.41. The number of carbonyl (C=O) groups excluding carboxylic acids is 1. The molecule has 1 aliphatic rings. The first-order valence-corrected chi connectivity index (χ1v) is 9.66. The van der Waals surface area contributed by atoms with E-state index in [2.05, 4.69) is 27.4 Å². The number of rotatable bonds is 4. The first-order chi connectivity index (χ1) is 13.1. The van der Waals surface area contributed by atoms with Crippen LogP contribution >= 0.6 is 11.3 Å². The number of fused-ring (bicyclic) bond motifs is 3. The highest BCUT2D eigenvalue weighted by atomic mass is 32.1. The topological polar surface area (TPSA) is 89.2 Å². The molecule has 0 fully saturated rings. The number of pyridine rings is 1. The van der Waals surface area contributed by atoms with Crippen LogP contribution in [0.5, 0.6) is 0 Å². The summed E-state index contributed by atoms with van der Waals surface area (Å²) < 4.78 is 1.35. The Hall–Kier alpha value is -2.87. The van der Waals surface area contributed by atoms with E-state index in [1.54, 1.807) is 29.7 Å². The first kappa shape index (κ1) is 17.5. The fourth-order valence-corrected chi connectivity index (χ4v) is 4.63. The lowest BCUT2D eigenvalue weighted by atomic mass is 9.89. The van der Waals surface area contributed by atoms with Crippen LogP contribution in [0.1, 0.15) is 29.5 Å². The van der Waals surface area contributed by atoms with Crippen molar-refractivity contribution >= 4 is 33.7 Å². The Kier molecular flexibility index (Phi) is 4.81. The largest absolute Gasteiger partial charge is 0.289 e. The summed E-state index contributed by atoms with van der Waals surface area (Å²) in [6.45, 7) is 2.11. The van der Waals surface area contributed by atoms with E-state index in [1.165, 1.54) is 22.0 Å². The van der Waals surface area contributed by atoms with Crippen molar-refractivity contribution in [2.24, 2.45) is 11.0 Å². The van der Waals surface area contributed by atoms with Gasteiger partial charge in [0.1, 0.15) is 11.4 Å². The number of amides is 1. The van der Waals surface area contributed by atoms with Crippen molar-refractivity contribution in [3.8, 4) is 0 Å². The zero-order chi connectivity index (χ0) is 18.8. The van der Waals surface area contributed by atoms with Gasteiger partial charge in [0.2, 0.25) is 0 Å². The lowest BCUT2D eigenvalue weighted by molar-refractivity contribution is -0.121. The Labute approximate surface area is 159 Å². The van der Waals surface area contributed by atoms with Crippen molar-refractivity contribution < 1.29 is 4.79 Å². The minimum atomic E-state index is -0.386. The van der Waals surface area contributed by atoms with Crippen molar-refractivity contribution in [2.45, 2.75) is 32.7 Å². The zero-order valence-corrected chi connectivity index (χ0v) is 15.7. The fourth-order valence-electron chi connectivity index (χ4n) is 3.29. The predicted molar refractivity (Wildman–Crippen MR) is 105 cm³/mol. The van der Waals surface area contributed by atoms with Crippen molar-refractivity contribution in [3.05, 3.63) is 57.2 Å². The number of nitrogens with one attached hydrogen (secondary N) is 1. The van der Waals surface area contributed by atoms with Gasteiger partial charge in [-0.05, 0) is 42.9 Å². The van der Waals surface area contributed by atoms with E-state index >= 15 is 0 Å². The number of aryl methyl sites for hydroxylation is 1. The van der Waals surface area contributed by atoms with Gasteiger partial charge in [-0.25, -0.2) is 10.4 Å². The maximum atomic E-state index is 12.9. The van der Waals surface area contributed by atoms with Crippen LogP contribution in [0.4, 0.5) is 0 Å². The summed E-state index contributed by atoms with van der Waals surface area (Å²) >= 11 is 1.60. The number of hydrogen-bond acceptors (Lipinski definition) is 6. The quantitative estimate of drug-likeness (QED) is 0.554. The van der Waals surface area contributed by atoms with Gasteiger partial charge in [-0.3, -0.25) is 19.1 Å². The smallest absolute Gasteiger partial charge is 0.262 e. The number of aromatic nitrogens is 3. The van der Waals surface area contributed by atoms with E-state index in [1.807, 2.05) is 6.07 Å². The van der Waals surface area contributed by atoms with Gasteiger partial charge in [0.15, 0.2) is 0 Å². The molecule has 138 valence electrons. The van der Waals surface area contributed by atoms with Crippen LogP contribution in [-0.2, 0) is 24.2 Å². The van der Waals surface area contributed by atoms with Gasteiger partial charge in [-0.15, -0.1) is 11.3 Å². The monoisotopic (exact) mass is 381 g/mol. The lowest BCUT2D eigenvalue weighted by Crippen LogP contribution is -2.30. The molecule has 0 aromatic carbocycles. The number of hydrogen-bond donors (Lipinski definition) is 1. The van der Waals surface area contributed by atoms with Crippen molar-refractivity contribution in [1.29, 1.82) is 0 Å². The van der Waals surface area contributed by atoms with Crippen LogP contribution in [0.25, 0.3) is 10.2 Å². The molecule has 3 heterocycles. The maximum Gasteiger partial charge on any atom is 0.262 e. The lowest BCUT2D eigenvalue weighted by Gasteiger charge is -2.17. The first-order valence-electron chi connectivity index (χ1n) is 8.84. The molecule has 0 saturated carbocycles. The molecule has 7 nitrogen and oxygen atoms in total. The average Bonchev–Trinajstić information content (AvgIpc) is 3.03. The number of hydrazone groups is 1. The molecule has 0 radical (unpaired) electrons. The summed E-state index contributed by atoms with van der Waals surface area (Å²) in [5, 5.41) is 4.55. The third kappa shape index (κ3) is 3.66. The summed E-state index contributed by atoms with van der Waals surface area (Å²) in [4.78, 5) is 35.5. The highest BCUT2D eigenvalue weighted by Crippen LogP contribution is 2.35. The van der Waals surface area contributed by atoms with Gasteiger partial charge in [-0.2, -0.15) is 5.10 Å². The minimum absolute atomic E-state index is 0.123. The number of nitrogens with zero attached hydrogens (tertiary/aromatic N) is 4. The predicted octanol–water partition coefficient (Wildman–Crippen LogP) is 2.13.